The van der Waals surface area contributed by atoms with Gasteiger partial charge in [0, 0.05) is 0 Å². The molecule has 5 heteroatoms. The molecular formula is C15H13F3O2. The zero-order chi connectivity index (χ0) is 14.8. The second-order valence-electron chi connectivity index (χ2n) is 4.34. The normalized spacial score (nSPS) is 13.1. The first kappa shape index (κ1) is 14.4. The molecule has 20 heavy (non-hydrogen) atoms. The summed E-state index contributed by atoms with van der Waals surface area (Å²) in [7, 11) is 0. The lowest BCUT2D eigenvalue weighted by atomic mass is 10.1. The lowest BCUT2D eigenvalue weighted by molar-refractivity contribution is -0.138. The van der Waals surface area contributed by atoms with Crippen LogP contribution in [0.2, 0.25) is 0 Å². The number of rotatable bonds is 3. The maximum absolute atomic E-state index is 12.8. The molecule has 2 nitrogen and oxygen atoms in total. The predicted octanol–water partition coefficient (Wildman–Crippen LogP) is 4.55. The van der Waals surface area contributed by atoms with Crippen LogP contribution in [0.4, 0.5) is 13.2 Å². The lowest BCUT2D eigenvalue weighted by Crippen LogP contribution is -2.06. The van der Waals surface area contributed by atoms with Crippen molar-refractivity contribution in [3.8, 4) is 11.5 Å². The summed E-state index contributed by atoms with van der Waals surface area (Å²) in [6.45, 7) is 1.61. The fraction of sp³-hybridized carbons (Fsp3) is 0.200. The van der Waals surface area contributed by atoms with Crippen LogP contribution in [0.15, 0.2) is 48.5 Å². The van der Waals surface area contributed by atoms with Crippen LogP contribution in [0.25, 0.3) is 0 Å². The minimum Gasteiger partial charge on any atom is -0.457 e. The van der Waals surface area contributed by atoms with Gasteiger partial charge in [-0.05, 0) is 36.8 Å². The smallest absolute Gasteiger partial charge is 0.419 e. The molecule has 2 aromatic carbocycles. The van der Waals surface area contributed by atoms with E-state index in [2.05, 4.69) is 0 Å². The number of aliphatic hydroxyl groups excluding tert-OH is 1. The topological polar surface area (TPSA) is 29.5 Å². The Kier molecular flexibility index (Phi) is 3.99. The van der Waals surface area contributed by atoms with Crippen molar-refractivity contribution in [2.24, 2.45) is 0 Å². The third-order valence-electron chi connectivity index (χ3n) is 2.78. The average Bonchev–Trinajstić information content (AvgIpc) is 2.38. The molecule has 106 valence electrons. The lowest BCUT2D eigenvalue weighted by Gasteiger charge is -2.13. The van der Waals surface area contributed by atoms with Crippen LogP contribution in [0.1, 0.15) is 24.2 Å². The molecule has 0 aromatic heterocycles. The number of alkyl halides is 3. The van der Waals surface area contributed by atoms with Crippen LogP contribution in [0.5, 0.6) is 11.5 Å². The van der Waals surface area contributed by atoms with Crippen LogP contribution in [0.3, 0.4) is 0 Å². The maximum atomic E-state index is 12.8. The Morgan fingerprint density at radius 2 is 1.60 bits per heavy atom. The van der Waals surface area contributed by atoms with Crippen molar-refractivity contribution < 1.29 is 23.0 Å². The average molecular weight is 282 g/mol. The highest BCUT2D eigenvalue weighted by Crippen LogP contribution is 2.37. The van der Waals surface area contributed by atoms with Gasteiger partial charge in [0.15, 0.2) is 0 Å². The summed E-state index contributed by atoms with van der Waals surface area (Å²) in [6.07, 6.45) is -5.10. The highest BCUT2D eigenvalue weighted by molar-refractivity contribution is 5.40. The molecule has 0 fully saturated rings. The van der Waals surface area contributed by atoms with Crippen molar-refractivity contribution in [1.29, 1.82) is 0 Å². The highest BCUT2D eigenvalue weighted by atomic mass is 19.4. The van der Waals surface area contributed by atoms with E-state index in [9.17, 15) is 18.3 Å². The summed E-state index contributed by atoms with van der Waals surface area (Å²) in [5.41, 5.74) is -0.152. The zero-order valence-corrected chi connectivity index (χ0v) is 10.7. The molecule has 0 aliphatic rings. The van der Waals surface area contributed by atoms with Gasteiger partial charge in [-0.3, -0.25) is 0 Å². The van der Waals surface area contributed by atoms with Gasteiger partial charge in [0.05, 0.1) is 11.7 Å². The predicted molar refractivity (Wildman–Crippen MR) is 68.6 cm³/mol. The molecule has 2 rings (SSSR count). The number of hydrogen-bond acceptors (Lipinski definition) is 2. The fourth-order valence-corrected chi connectivity index (χ4v) is 1.73. The van der Waals surface area contributed by atoms with Gasteiger partial charge in [0.2, 0.25) is 0 Å². The van der Waals surface area contributed by atoms with Gasteiger partial charge >= 0.3 is 6.18 Å². The quantitative estimate of drug-likeness (QED) is 0.894. The van der Waals surface area contributed by atoms with Crippen LogP contribution in [-0.2, 0) is 6.18 Å². The van der Waals surface area contributed by atoms with E-state index in [-0.39, 0.29) is 11.5 Å². The highest BCUT2D eigenvalue weighted by Gasteiger charge is 2.34. The van der Waals surface area contributed by atoms with Gasteiger partial charge in [-0.15, -0.1) is 0 Å². The summed E-state index contributed by atoms with van der Waals surface area (Å²) < 4.78 is 43.7. The van der Waals surface area contributed by atoms with Crippen LogP contribution in [-0.4, -0.2) is 5.11 Å². The van der Waals surface area contributed by atoms with E-state index in [4.69, 9.17) is 4.74 Å². The van der Waals surface area contributed by atoms with Gasteiger partial charge in [-0.1, -0.05) is 24.3 Å². The Hall–Kier alpha value is -2.01. The first-order valence-corrected chi connectivity index (χ1v) is 6.00. The van der Waals surface area contributed by atoms with Crippen molar-refractivity contribution in [3.05, 3.63) is 59.7 Å². The molecule has 0 radical (unpaired) electrons. The minimum absolute atomic E-state index is 0.246. The number of para-hydroxylation sites is 1. The van der Waals surface area contributed by atoms with Crippen molar-refractivity contribution in [2.45, 2.75) is 19.2 Å². The second-order valence-corrected chi connectivity index (χ2v) is 4.34. The van der Waals surface area contributed by atoms with Crippen LogP contribution < -0.4 is 4.74 Å². The molecule has 0 heterocycles. The molecule has 0 bridgehead atoms. The van der Waals surface area contributed by atoms with E-state index in [0.717, 1.165) is 6.07 Å². The third kappa shape index (κ3) is 3.30. The van der Waals surface area contributed by atoms with Crippen molar-refractivity contribution in [2.75, 3.05) is 0 Å². The van der Waals surface area contributed by atoms with Crippen molar-refractivity contribution >= 4 is 0 Å². The van der Waals surface area contributed by atoms with Gasteiger partial charge < -0.3 is 9.84 Å². The van der Waals surface area contributed by atoms with Crippen molar-refractivity contribution in [1.82, 2.24) is 0 Å². The molecule has 1 atom stereocenters. The molecule has 0 saturated carbocycles. The summed E-state index contributed by atoms with van der Waals surface area (Å²) >= 11 is 0. The number of halogens is 3. The van der Waals surface area contributed by atoms with Crippen LogP contribution in [0, 0.1) is 0 Å². The molecule has 0 spiro atoms. The molecule has 2 aromatic rings. The monoisotopic (exact) mass is 282 g/mol. The molecule has 1 N–H and O–H groups in total. The molecule has 0 aliphatic carbocycles. The third-order valence-corrected chi connectivity index (χ3v) is 2.78. The van der Waals surface area contributed by atoms with Gasteiger partial charge in [-0.25, -0.2) is 0 Å². The van der Waals surface area contributed by atoms with Gasteiger partial charge in [0.25, 0.3) is 0 Å². The summed E-state index contributed by atoms with van der Waals surface area (Å²) in [5.74, 6) is 0.0379. The molecule has 0 amide bonds. The summed E-state index contributed by atoms with van der Waals surface area (Å²) in [6, 6.07) is 11.3. The first-order chi connectivity index (χ1) is 9.38. The second kappa shape index (κ2) is 5.54. The van der Waals surface area contributed by atoms with Crippen molar-refractivity contribution in [3.63, 3.8) is 0 Å². The molecular weight excluding hydrogens is 269 g/mol. The molecule has 0 aliphatic heterocycles. The van der Waals surface area contributed by atoms with E-state index in [1.54, 1.807) is 19.1 Å². The minimum atomic E-state index is -4.46. The molecule has 0 unspecified atom stereocenters. The Morgan fingerprint density at radius 3 is 2.15 bits per heavy atom. The van der Waals surface area contributed by atoms with Gasteiger partial charge in [-0.2, -0.15) is 13.2 Å². The number of aliphatic hydroxyl groups is 1. The Bertz CT molecular complexity index is 574. The van der Waals surface area contributed by atoms with E-state index in [1.165, 1.54) is 30.3 Å². The summed E-state index contributed by atoms with van der Waals surface area (Å²) in [5, 5.41) is 9.37. The standard InChI is InChI=1S/C15H13F3O2/c1-10(19)11-6-8-12(9-7-11)20-14-5-3-2-4-13(14)15(16,17)18/h2-10,19H,1H3/t10-/m1/s1. The van der Waals surface area contributed by atoms with E-state index >= 15 is 0 Å². The van der Waals surface area contributed by atoms with E-state index in [0.29, 0.717) is 5.56 Å². The van der Waals surface area contributed by atoms with E-state index in [1.807, 2.05) is 0 Å². The maximum Gasteiger partial charge on any atom is 0.419 e. The number of hydrogen-bond donors (Lipinski definition) is 1. The van der Waals surface area contributed by atoms with Gasteiger partial charge in [0.1, 0.15) is 11.5 Å². The Balaban J connectivity index is 2.26. The number of ether oxygens (including phenoxy) is 1. The van der Waals surface area contributed by atoms with E-state index < -0.39 is 17.8 Å². The Labute approximate surface area is 114 Å². The number of benzene rings is 2. The largest absolute Gasteiger partial charge is 0.457 e. The SMILES string of the molecule is C[C@@H](O)c1ccc(Oc2ccccc2C(F)(F)F)cc1. The first-order valence-electron chi connectivity index (χ1n) is 6.00. The Morgan fingerprint density at radius 1 is 1.00 bits per heavy atom. The van der Waals surface area contributed by atoms with Crippen LogP contribution >= 0.6 is 0 Å². The molecule has 0 saturated heterocycles. The zero-order valence-electron chi connectivity index (χ0n) is 10.7. The fourth-order valence-electron chi connectivity index (χ4n) is 1.73. The summed E-state index contributed by atoms with van der Waals surface area (Å²) in [4.78, 5) is 0.